The summed E-state index contributed by atoms with van der Waals surface area (Å²) < 4.78 is 11.1. The standard InChI is InChI=1S/C12H19ClN4O4/c1-4-21-12(19)11-9(5-13)17(16-15-11)6-10(18)14-8(2)7-20-3/h8H,4-7H2,1-3H3,(H,14,18). The largest absolute Gasteiger partial charge is 0.461 e. The van der Waals surface area contributed by atoms with Gasteiger partial charge in [0.25, 0.3) is 0 Å². The van der Waals surface area contributed by atoms with E-state index >= 15 is 0 Å². The van der Waals surface area contributed by atoms with Crippen LogP contribution in [0.2, 0.25) is 0 Å². The number of nitrogens with one attached hydrogen (secondary N) is 1. The van der Waals surface area contributed by atoms with Gasteiger partial charge in [-0.15, -0.1) is 16.7 Å². The van der Waals surface area contributed by atoms with Crippen molar-refractivity contribution in [1.29, 1.82) is 0 Å². The molecule has 21 heavy (non-hydrogen) atoms. The molecule has 0 spiro atoms. The van der Waals surface area contributed by atoms with Crippen LogP contribution in [0.5, 0.6) is 0 Å². The van der Waals surface area contributed by atoms with E-state index in [1.165, 1.54) is 4.68 Å². The van der Waals surface area contributed by atoms with Crippen LogP contribution in [0, 0.1) is 0 Å². The molecule has 0 saturated heterocycles. The zero-order chi connectivity index (χ0) is 15.8. The minimum absolute atomic E-state index is 0.00204. The second-order valence-electron chi connectivity index (χ2n) is 4.32. The predicted molar refractivity (Wildman–Crippen MR) is 75.0 cm³/mol. The molecule has 0 aromatic carbocycles. The molecule has 1 amide bonds. The first kappa shape index (κ1) is 17.4. The van der Waals surface area contributed by atoms with Crippen LogP contribution < -0.4 is 5.32 Å². The Kier molecular flexibility index (Phi) is 7.10. The maximum Gasteiger partial charge on any atom is 0.360 e. The van der Waals surface area contributed by atoms with Gasteiger partial charge in [-0.1, -0.05) is 5.21 Å². The van der Waals surface area contributed by atoms with Crippen LogP contribution in [-0.2, 0) is 26.7 Å². The molecule has 9 heteroatoms. The van der Waals surface area contributed by atoms with Crippen molar-refractivity contribution in [2.45, 2.75) is 32.3 Å². The molecule has 1 N–H and O–H groups in total. The molecule has 1 heterocycles. The smallest absolute Gasteiger partial charge is 0.360 e. The average Bonchev–Trinajstić information content (AvgIpc) is 2.81. The maximum absolute atomic E-state index is 11.9. The zero-order valence-corrected chi connectivity index (χ0v) is 13.0. The number of nitrogens with zero attached hydrogens (tertiary/aromatic N) is 3. The minimum Gasteiger partial charge on any atom is -0.461 e. The monoisotopic (exact) mass is 318 g/mol. The van der Waals surface area contributed by atoms with Gasteiger partial charge in [-0.3, -0.25) is 4.79 Å². The third-order valence-electron chi connectivity index (χ3n) is 2.55. The van der Waals surface area contributed by atoms with Crippen molar-refractivity contribution in [3.05, 3.63) is 11.4 Å². The third-order valence-corrected chi connectivity index (χ3v) is 2.80. The van der Waals surface area contributed by atoms with Crippen LogP contribution in [0.4, 0.5) is 0 Å². The van der Waals surface area contributed by atoms with Gasteiger partial charge in [0.2, 0.25) is 5.91 Å². The number of carbonyl (C=O) groups is 2. The maximum atomic E-state index is 11.9. The van der Waals surface area contributed by atoms with Crippen LogP contribution >= 0.6 is 11.6 Å². The predicted octanol–water partition coefficient (Wildman–Crippen LogP) is 0.345. The lowest BCUT2D eigenvalue weighted by molar-refractivity contribution is -0.122. The van der Waals surface area contributed by atoms with Crippen molar-refractivity contribution in [2.75, 3.05) is 20.3 Å². The number of carbonyl (C=O) groups excluding carboxylic acids is 2. The molecule has 0 radical (unpaired) electrons. The summed E-state index contributed by atoms with van der Waals surface area (Å²) in [5, 5.41) is 10.2. The number of esters is 1. The van der Waals surface area contributed by atoms with Crippen LogP contribution in [0.3, 0.4) is 0 Å². The fourth-order valence-corrected chi connectivity index (χ4v) is 1.96. The molecule has 1 atom stereocenters. The van der Waals surface area contributed by atoms with E-state index in [-0.39, 0.29) is 36.7 Å². The summed E-state index contributed by atoms with van der Waals surface area (Å²) in [6.45, 7) is 4.05. The second kappa shape index (κ2) is 8.58. The van der Waals surface area contributed by atoms with E-state index in [4.69, 9.17) is 21.1 Å². The molecule has 0 aliphatic heterocycles. The molecule has 0 aliphatic carbocycles. The molecule has 0 fully saturated rings. The fraction of sp³-hybridized carbons (Fsp3) is 0.667. The van der Waals surface area contributed by atoms with Gasteiger partial charge in [0, 0.05) is 13.2 Å². The lowest BCUT2D eigenvalue weighted by Crippen LogP contribution is -2.38. The normalized spacial score (nSPS) is 12.0. The van der Waals surface area contributed by atoms with E-state index in [0.29, 0.717) is 12.3 Å². The van der Waals surface area contributed by atoms with Gasteiger partial charge in [0.05, 0.1) is 24.8 Å². The second-order valence-corrected chi connectivity index (χ2v) is 4.59. The summed E-state index contributed by atoms with van der Waals surface area (Å²) in [5.41, 5.74) is 0.384. The molecule has 1 unspecified atom stereocenters. The van der Waals surface area contributed by atoms with Gasteiger partial charge in [0.1, 0.15) is 6.54 Å². The number of alkyl halides is 1. The first-order valence-corrected chi connectivity index (χ1v) is 7.00. The molecular weight excluding hydrogens is 300 g/mol. The number of hydrogen-bond acceptors (Lipinski definition) is 6. The van der Waals surface area contributed by atoms with Gasteiger partial charge < -0.3 is 14.8 Å². The molecular formula is C12H19ClN4O4. The van der Waals surface area contributed by atoms with Crippen molar-refractivity contribution in [1.82, 2.24) is 20.3 Å². The highest BCUT2D eigenvalue weighted by atomic mass is 35.5. The van der Waals surface area contributed by atoms with Crippen molar-refractivity contribution in [3.63, 3.8) is 0 Å². The van der Waals surface area contributed by atoms with E-state index in [9.17, 15) is 9.59 Å². The SMILES string of the molecule is CCOC(=O)c1nnn(CC(=O)NC(C)COC)c1CCl. The summed E-state index contributed by atoms with van der Waals surface area (Å²) in [7, 11) is 1.55. The summed E-state index contributed by atoms with van der Waals surface area (Å²) in [5.74, 6) is -0.874. The van der Waals surface area contributed by atoms with Crippen LogP contribution in [-0.4, -0.2) is 53.2 Å². The first-order chi connectivity index (χ1) is 10.0. The molecule has 1 rings (SSSR count). The van der Waals surface area contributed by atoms with Gasteiger partial charge in [0.15, 0.2) is 5.69 Å². The highest BCUT2D eigenvalue weighted by Crippen LogP contribution is 2.10. The highest BCUT2D eigenvalue weighted by molar-refractivity contribution is 6.17. The third kappa shape index (κ3) is 4.98. The van der Waals surface area contributed by atoms with Gasteiger partial charge >= 0.3 is 5.97 Å². The number of hydrogen-bond donors (Lipinski definition) is 1. The first-order valence-electron chi connectivity index (χ1n) is 6.47. The molecule has 118 valence electrons. The quantitative estimate of drug-likeness (QED) is 0.549. The van der Waals surface area contributed by atoms with Crippen molar-refractivity contribution < 1.29 is 19.1 Å². The number of methoxy groups -OCH3 is 1. The van der Waals surface area contributed by atoms with Crippen molar-refractivity contribution in [3.8, 4) is 0 Å². The summed E-state index contributed by atoms with van der Waals surface area (Å²) in [6.07, 6.45) is 0. The molecule has 8 nitrogen and oxygen atoms in total. The van der Waals surface area contributed by atoms with Gasteiger partial charge in [-0.2, -0.15) is 0 Å². The highest BCUT2D eigenvalue weighted by Gasteiger charge is 2.21. The Bertz CT molecular complexity index is 492. The van der Waals surface area contributed by atoms with Crippen molar-refractivity contribution >= 4 is 23.5 Å². The van der Waals surface area contributed by atoms with E-state index in [1.54, 1.807) is 14.0 Å². The topological polar surface area (TPSA) is 95.3 Å². The molecule has 0 bridgehead atoms. The van der Waals surface area contributed by atoms with Gasteiger partial charge in [-0.25, -0.2) is 9.48 Å². The Hall–Kier alpha value is -1.67. The van der Waals surface area contributed by atoms with Crippen molar-refractivity contribution in [2.24, 2.45) is 0 Å². The molecule has 0 aliphatic rings. The average molecular weight is 319 g/mol. The Morgan fingerprint density at radius 1 is 1.48 bits per heavy atom. The van der Waals surface area contributed by atoms with Crippen LogP contribution in [0.1, 0.15) is 30.0 Å². The molecule has 1 aromatic heterocycles. The number of amides is 1. The Balaban J connectivity index is 2.75. The Labute approximate surface area is 127 Å². The number of ether oxygens (including phenoxy) is 2. The van der Waals surface area contributed by atoms with Crippen LogP contribution in [0.15, 0.2) is 0 Å². The van der Waals surface area contributed by atoms with Crippen LogP contribution in [0.25, 0.3) is 0 Å². The number of rotatable bonds is 8. The zero-order valence-electron chi connectivity index (χ0n) is 12.3. The Morgan fingerprint density at radius 2 is 2.19 bits per heavy atom. The fourth-order valence-electron chi connectivity index (χ4n) is 1.70. The lowest BCUT2D eigenvalue weighted by Gasteiger charge is -2.13. The van der Waals surface area contributed by atoms with E-state index in [2.05, 4.69) is 15.6 Å². The molecule has 0 saturated carbocycles. The van der Waals surface area contributed by atoms with Gasteiger partial charge in [-0.05, 0) is 13.8 Å². The van der Waals surface area contributed by atoms with E-state index in [0.717, 1.165) is 0 Å². The van der Waals surface area contributed by atoms with E-state index in [1.807, 2.05) is 6.92 Å². The lowest BCUT2D eigenvalue weighted by atomic mass is 10.3. The minimum atomic E-state index is -0.604. The number of halogens is 1. The molecule has 1 aromatic rings. The summed E-state index contributed by atoms with van der Waals surface area (Å²) in [4.78, 5) is 23.5. The van der Waals surface area contributed by atoms with E-state index < -0.39 is 5.97 Å². The number of aromatic nitrogens is 3. The Morgan fingerprint density at radius 3 is 2.76 bits per heavy atom. The summed E-state index contributed by atoms with van der Waals surface area (Å²) >= 11 is 5.80. The summed E-state index contributed by atoms with van der Waals surface area (Å²) in [6, 6.07) is -0.130.